The van der Waals surface area contributed by atoms with E-state index in [9.17, 15) is 0 Å². The lowest BCUT2D eigenvalue weighted by atomic mass is 9.92. The highest BCUT2D eigenvalue weighted by molar-refractivity contribution is 5.78. The maximum Gasteiger partial charge on any atom is 0.0602 e. The van der Waals surface area contributed by atoms with Crippen LogP contribution in [0.5, 0.6) is 0 Å². The molecule has 154 valence electrons. The molecule has 2 aromatic heterocycles. The van der Waals surface area contributed by atoms with E-state index in [-0.39, 0.29) is 0 Å². The van der Waals surface area contributed by atoms with Crippen molar-refractivity contribution in [3.8, 4) is 0 Å². The van der Waals surface area contributed by atoms with Crippen LogP contribution in [0, 0.1) is 6.92 Å². The molecule has 1 N–H and O–H groups in total. The molecule has 4 heteroatoms. The van der Waals surface area contributed by atoms with Crippen LogP contribution in [0.15, 0.2) is 53.2 Å². The number of aromatic nitrogens is 2. The molecule has 0 aliphatic carbocycles. The van der Waals surface area contributed by atoms with Crippen LogP contribution in [0.2, 0.25) is 0 Å². The van der Waals surface area contributed by atoms with Crippen LogP contribution >= 0.6 is 0 Å². The number of nitrogens with zero attached hydrogens (tertiary/aromatic N) is 3. The van der Waals surface area contributed by atoms with Crippen LogP contribution in [0.3, 0.4) is 0 Å². The molecular formula is C25H34N4. The quantitative estimate of drug-likeness (QED) is 0.588. The lowest BCUT2D eigenvalue weighted by Crippen LogP contribution is -2.32. The van der Waals surface area contributed by atoms with Gasteiger partial charge in [0.05, 0.1) is 17.4 Å². The minimum atomic E-state index is 0.304. The van der Waals surface area contributed by atoms with Gasteiger partial charge < -0.3 is 5.32 Å². The Bertz CT molecular complexity index is 840. The molecule has 0 bridgehead atoms. The van der Waals surface area contributed by atoms with Gasteiger partial charge in [-0.1, -0.05) is 25.1 Å². The highest BCUT2D eigenvalue weighted by Gasteiger charge is 2.26. The maximum atomic E-state index is 5.00. The molecule has 2 aromatic rings. The monoisotopic (exact) mass is 390 g/mol. The minimum Gasteiger partial charge on any atom is -0.300 e. The third-order valence-corrected chi connectivity index (χ3v) is 5.61. The fourth-order valence-electron chi connectivity index (χ4n) is 4.20. The Labute approximate surface area is 175 Å². The van der Waals surface area contributed by atoms with E-state index in [1.165, 1.54) is 34.6 Å². The zero-order valence-corrected chi connectivity index (χ0v) is 18.1. The number of aryl methyl sites for hydroxylation is 2. The van der Waals surface area contributed by atoms with E-state index in [4.69, 9.17) is 4.98 Å². The second-order valence-electron chi connectivity index (χ2n) is 7.89. The molecule has 1 aliphatic rings. The molecule has 0 radical (unpaired) electrons. The molecule has 0 saturated carbocycles. The predicted molar refractivity (Wildman–Crippen MR) is 121 cm³/mol. The average molecular weight is 391 g/mol. The molecule has 0 spiro atoms. The van der Waals surface area contributed by atoms with Crippen molar-refractivity contribution in [1.29, 1.82) is 0 Å². The van der Waals surface area contributed by atoms with Crippen LogP contribution in [-0.2, 0) is 6.42 Å². The van der Waals surface area contributed by atoms with Crippen molar-refractivity contribution in [2.45, 2.75) is 70.9 Å². The number of allylic oxidation sites excluding steroid dienone is 2. The fourth-order valence-corrected chi connectivity index (χ4v) is 4.20. The number of rotatable bonds is 8. The largest absolute Gasteiger partial charge is 0.300 e. The van der Waals surface area contributed by atoms with Crippen molar-refractivity contribution < 1.29 is 0 Å². The summed E-state index contributed by atoms with van der Waals surface area (Å²) in [7, 11) is 1.84. The predicted octanol–water partition coefficient (Wildman–Crippen LogP) is 5.70. The fraction of sp³-hybridized carbons (Fsp3) is 0.480. The molecule has 0 amide bonds. The standard InChI is InChI=1S/C25H34N4/c1-4-9-20(18-26-3)11-5-12-21-13-6-14-22(28-21)23-15-7-16-24(29-23)25-19(2)10-8-17-27-25/h6,8-10,13-14,17-18,23-24,29H,4-5,7,11-12,15-16H2,1-3H3/b20-9-,26-18?. The SMILES string of the molecule is CC/C=C(\C=NC)CCCc1cccc(C2CCCC(c3ncccc3C)N2)n1. The first kappa shape index (κ1) is 21.4. The van der Waals surface area contributed by atoms with E-state index in [1.807, 2.05) is 25.5 Å². The number of aliphatic imine (C=N–C) groups is 1. The summed E-state index contributed by atoms with van der Waals surface area (Å²) >= 11 is 0. The summed E-state index contributed by atoms with van der Waals surface area (Å²) in [6.07, 6.45) is 13.8. The van der Waals surface area contributed by atoms with Gasteiger partial charge in [0.1, 0.15) is 0 Å². The van der Waals surface area contributed by atoms with Gasteiger partial charge in [-0.3, -0.25) is 15.0 Å². The van der Waals surface area contributed by atoms with E-state index in [0.29, 0.717) is 12.1 Å². The molecule has 4 nitrogen and oxygen atoms in total. The number of nitrogens with one attached hydrogen (secondary N) is 1. The Morgan fingerprint density at radius 3 is 2.86 bits per heavy atom. The van der Waals surface area contributed by atoms with E-state index < -0.39 is 0 Å². The van der Waals surface area contributed by atoms with Crippen molar-refractivity contribution in [3.05, 3.63) is 70.8 Å². The second-order valence-corrected chi connectivity index (χ2v) is 7.89. The maximum absolute atomic E-state index is 5.00. The summed E-state index contributed by atoms with van der Waals surface area (Å²) < 4.78 is 0. The smallest absolute Gasteiger partial charge is 0.0602 e. The third kappa shape index (κ3) is 6.07. The average Bonchev–Trinajstić information content (AvgIpc) is 2.75. The molecule has 1 fully saturated rings. The molecule has 1 saturated heterocycles. The van der Waals surface area contributed by atoms with Crippen LogP contribution in [0.25, 0.3) is 0 Å². The van der Waals surface area contributed by atoms with Crippen molar-refractivity contribution in [1.82, 2.24) is 15.3 Å². The summed E-state index contributed by atoms with van der Waals surface area (Å²) in [6.45, 7) is 4.32. The molecule has 2 atom stereocenters. The van der Waals surface area contributed by atoms with Crippen LogP contribution in [0.1, 0.15) is 80.2 Å². The van der Waals surface area contributed by atoms with Gasteiger partial charge in [-0.15, -0.1) is 0 Å². The topological polar surface area (TPSA) is 50.2 Å². The molecular weight excluding hydrogens is 356 g/mol. The van der Waals surface area contributed by atoms with E-state index in [2.05, 4.69) is 59.5 Å². The molecule has 3 heterocycles. The van der Waals surface area contributed by atoms with E-state index in [1.54, 1.807) is 0 Å². The zero-order valence-electron chi connectivity index (χ0n) is 18.1. The first-order valence-electron chi connectivity index (χ1n) is 11.0. The van der Waals surface area contributed by atoms with Gasteiger partial charge in [-0.25, -0.2) is 0 Å². The summed E-state index contributed by atoms with van der Waals surface area (Å²) in [4.78, 5) is 13.8. The van der Waals surface area contributed by atoms with Gasteiger partial charge >= 0.3 is 0 Å². The minimum absolute atomic E-state index is 0.304. The molecule has 2 unspecified atom stereocenters. The van der Waals surface area contributed by atoms with E-state index in [0.717, 1.165) is 38.5 Å². The second kappa shape index (κ2) is 11.0. The normalized spacial score (nSPS) is 20.3. The number of piperidine rings is 1. The van der Waals surface area contributed by atoms with Gasteiger partial charge in [0.25, 0.3) is 0 Å². The van der Waals surface area contributed by atoms with Gasteiger partial charge in [-0.05, 0) is 81.2 Å². The first-order chi connectivity index (χ1) is 14.2. The molecule has 3 rings (SSSR count). The Hall–Kier alpha value is -2.33. The van der Waals surface area contributed by atoms with Gasteiger partial charge in [0.2, 0.25) is 0 Å². The van der Waals surface area contributed by atoms with Gasteiger partial charge in [-0.2, -0.15) is 0 Å². The van der Waals surface area contributed by atoms with Gasteiger partial charge in [0.15, 0.2) is 0 Å². The van der Waals surface area contributed by atoms with Crippen molar-refractivity contribution >= 4 is 6.21 Å². The number of hydrogen-bond donors (Lipinski definition) is 1. The Kier molecular flexibility index (Phi) is 8.12. The van der Waals surface area contributed by atoms with Crippen molar-refractivity contribution in [3.63, 3.8) is 0 Å². The highest BCUT2D eigenvalue weighted by Crippen LogP contribution is 2.32. The Balaban J connectivity index is 1.63. The Morgan fingerprint density at radius 1 is 1.21 bits per heavy atom. The molecule has 29 heavy (non-hydrogen) atoms. The Morgan fingerprint density at radius 2 is 2.07 bits per heavy atom. The van der Waals surface area contributed by atoms with Gasteiger partial charge in [0, 0.05) is 31.2 Å². The lowest BCUT2D eigenvalue weighted by Gasteiger charge is -2.31. The lowest BCUT2D eigenvalue weighted by molar-refractivity contribution is 0.320. The van der Waals surface area contributed by atoms with Crippen molar-refractivity contribution in [2.24, 2.45) is 4.99 Å². The van der Waals surface area contributed by atoms with E-state index >= 15 is 0 Å². The first-order valence-corrected chi connectivity index (χ1v) is 11.0. The van der Waals surface area contributed by atoms with Crippen LogP contribution in [-0.4, -0.2) is 23.2 Å². The highest BCUT2D eigenvalue weighted by atomic mass is 15.0. The van der Waals surface area contributed by atoms with Crippen LogP contribution < -0.4 is 5.32 Å². The summed E-state index contributed by atoms with van der Waals surface area (Å²) in [5, 5.41) is 3.81. The zero-order chi connectivity index (χ0) is 20.5. The van der Waals surface area contributed by atoms with Crippen LogP contribution in [0.4, 0.5) is 0 Å². The summed E-state index contributed by atoms with van der Waals surface area (Å²) in [5.74, 6) is 0. The summed E-state index contributed by atoms with van der Waals surface area (Å²) in [5.41, 5.74) is 6.12. The number of hydrogen-bond acceptors (Lipinski definition) is 4. The van der Waals surface area contributed by atoms with Crippen molar-refractivity contribution in [2.75, 3.05) is 7.05 Å². The molecule has 1 aliphatic heterocycles. The molecule has 0 aromatic carbocycles. The summed E-state index contributed by atoms with van der Waals surface area (Å²) in [6, 6.07) is 11.3. The number of pyridine rings is 2. The third-order valence-electron chi connectivity index (χ3n) is 5.61.